The Morgan fingerprint density at radius 1 is 0.629 bits per heavy atom. The lowest BCUT2D eigenvalue weighted by molar-refractivity contribution is -0.145. The molecule has 0 spiro atoms. The molecule has 398 valence electrons. The summed E-state index contributed by atoms with van der Waals surface area (Å²) in [7, 11) is 0. The molecule has 6 amide bonds. The van der Waals surface area contributed by atoms with Crippen LogP contribution in [0, 0.1) is 11.8 Å². The summed E-state index contributed by atoms with van der Waals surface area (Å²) in [5.74, 6) is -4.37. The third-order valence-corrected chi connectivity index (χ3v) is 13.5. The molecule has 1 heterocycles. The first-order valence-electron chi connectivity index (χ1n) is 27.1. The number of carbonyl (C=O) groups is 7. The number of benzene rings is 1. The van der Waals surface area contributed by atoms with Gasteiger partial charge in [-0.25, -0.2) is 4.79 Å². The highest BCUT2D eigenvalue weighted by molar-refractivity contribution is 5.97. The zero-order valence-corrected chi connectivity index (χ0v) is 43.7. The van der Waals surface area contributed by atoms with E-state index in [1.54, 1.807) is 24.3 Å². The number of nitrogens with zero attached hydrogens (tertiary/aromatic N) is 1. The van der Waals surface area contributed by atoms with E-state index in [1.165, 1.54) is 62.7 Å². The fourth-order valence-electron chi connectivity index (χ4n) is 9.10. The lowest BCUT2D eigenvalue weighted by atomic mass is 9.96. The van der Waals surface area contributed by atoms with Gasteiger partial charge in [0.2, 0.25) is 35.4 Å². The number of unbranched alkanes of at least 4 members (excludes halogenated alkanes) is 14. The number of amides is 6. The van der Waals surface area contributed by atoms with Gasteiger partial charge in [-0.1, -0.05) is 148 Å². The summed E-state index contributed by atoms with van der Waals surface area (Å²) in [6, 6.07) is 2.75. The van der Waals surface area contributed by atoms with Gasteiger partial charge >= 0.3 is 5.97 Å². The minimum atomic E-state index is -1.21. The monoisotopic (exact) mass is 983 g/mol. The Morgan fingerprint density at radius 3 is 1.71 bits per heavy atom. The number of hydrogen-bond acceptors (Lipinski definition) is 9. The van der Waals surface area contributed by atoms with Crippen molar-refractivity contribution in [2.45, 2.75) is 231 Å². The van der Waals surface area contributed by atoms with Crippen molar-refractivity contribution in [2.24, 2.45) is 23.3 Å². The summed E-state index contributed by atoms with van der Waals surface area (Å²) in [6.45, 7) is 10.9. The minimum absolute atomic E-state index is 0.0633. The molecule has 0 radical (unpaired) electrons. The van der Waals surface area contributed by atoms with Gasteiger partial charge in [-0.15, -0.1) is 0 Å². The summed E-state index contributed by atoms with van der Waals surface area (Å²) in [5.41, 5.74) is 12.4. The molecule has 0 bridgehead atoms. The second-order valence-corrected chi connectivity index (χ2v) is 20.1. The van der Waals surface area contributed by atoms with Crippen LogP contribution in [-0.2, 0) is 40.0 Å². The second kappa shape index (κ2) is 36.4. The molecule has 1 saturated heterocycles. The number of nitrogens with one attached hydrogen (secondary N) is 5. The van der Waals surface area contributed by atoms with E-state index in [9.17, 15) is 38.7 Å². The third kappa shape index (κ3) is 24.5. The van der Waals surface area contributed by atoms with Crippen molar-refractivity contribution >= 4 is 41.4 Å². The van der Waals surface area contributed by atoms with Gasteiger partial charge in [-0.2, -0.15) is 0 Å². The molecule has 70 heavy (non-hydrogen) atoms. The Balaban J connectivity index is 2.14. The van der Waals surface area contributed by atoms with E-state index < -0.39 is 71.8 Å². The molecule has 0 saturated carbocycles. The molecule has 1 aliphatic rings. The molecule has 1 aromatic carbocycles. The minimum Gasteiger partial charge on any atom is -0.480 e. The summed E-state index contributed by atoms with van der Waals surface area (Å²) in [5, 5.41) is 24.2. The van der Waals surface area contributed by atoms with E-state index in [0.717, 1.165) is 31.2 Å². The van der Waals surface area contributed by atoms with Crippen LogP contribution >= 0.6 is 0 Å². The van der Waals surface area contributed by atoms with Gasteiger partial charge in [-0.05, 0) is 94.7 Å². The normalized spacial score (nSPS) is 16.1. The standard InChI is InChI=1S/C54H94N8O8/c1-6-8-9-10-11-12-13-14-15-16-17-18-22-33-47(63)57-44(37-39(3)4)50(65)61-48(40(5)7-2)52(67)58-42(30-23-25-34-55)49(64)59-43(31-24-26-35-56)53(68)62-36-27-32-46(62)51(66)60-45(54(69)70)38-41-28-20-19-21-29-41/h19-21,28-29,39-40,42-46,48H,6-18,22-27,30-38,55-56H2,1-5H3,(H,57,63)(H,58,67)(H,59,64)(H,60,66)(H,61,65)(H,69,70). The molecule has 1 aromatic rings. The van der Waals surface area contributed by atoms with Crippen molar-refractivity contribution in [3.05, 3.63) is 35.9 Å². The number of hydrogen-bond donors (Lipinski definition) is 8. The van der Waals surface area contributed by atoms with Crippen molar-refractivity contribution < 1.29 is 38.7 Å². The Hall–Kier alpha value is -4.57. The molecule has 1 aliphatic heterocycles. The van der Waals surface area contributed by atoms with Crippen LogP contribution in [-0.4, -0.2) is 107 Å². The topological polar surface area (TPSA) is 255 Å². The van der Waals surface area contributed by atoms with Crippen molar-refractivity contribution in [2.75, 3.05) is 19.6 Å². The maximum absolute atomic E-state index is 14.4. The summed E-state index contributed by atoms with van der Waals surface area (Å²) < 4.78 is 0. The first-order valence-corrected chi connectivity index (χ1v) is 27.1. The zero-order chi connectivity index (χ0) is 51.7. The Kier molecular flexibility index (Phi) is 32.0. The van der Waals surface area contributed by atoms with Crippen LogP contribution in [0.5, 0.6) is 0 Å². The second-order valence-electron chi connectivity index (χ2n) is 20.1. The van der Waals surface area contributed by atoms with E-state index in [1.807, 2.05) is 33.8 Å². The van der Waals surface area contributed by atoms with Gasteiger partial charge in [0.25, 0.3) is 0 Å². The maximum atomic E-state index is 14.4. The van der Waals surface area contributed by atoms with Gasteiger partial charge < -0.3 is 48.1 Å². The maximum Gasteiger partial charge on any atom is 0.326 e. The number of aliphatic carboxylic acids is 1. The summed E-state index contributed by atoms with van der Waals surface area (Å²) in [4.78, 5) is 97.3. The highest BCUT2D eigenvalue weighted by atomic mass is 16.4. The first-order chi connectivity index (χ1) is 33.7. The van der Waals surface area contributed by atoms with Crippen molar-refractivity contribution in [3.8, 4) is 0 Å². The van der Waals surface area contributed by atoms with Crippen LogP contribution in [0.1, 0.15) is 194 Å². The van der Waals surface area contributed by atoms with Gasteiger partial charge in [0, 0.05) is 19.4 Å². The Bertz CT molecular complexity index is 1680. The first kappa shape index (κ1) is 61.5. The van der Waals surface area contributed by atoms with Crippen molar-refractivity contribution in [3.63, 3.8) is 0 Å². The molecule has 7 atom stereocenters. The number of rotatable bonds is 39. The third-order valence-electron chi connectivity index (χ3n) is 13.5. The van der Waals surface area contributed by atoms with Gasteiger partial charge in [-0.3, -0.25) is 28.8 Å². The average Bonchev–Trinajstić information content (AvgIpc) is 3.84. The molecule has 2 rings (SSSR count). The fourth-order valence-corrected chi connectivity index (χ4v) is 9.10. The number of nitrogens with two attached hydrogens (primary N) is 2. The average molecular weight is 983 g/mol. The lowest BCUT2D eigenvalue weighted by Crippen LogP contribution is -2.60. The summed E-state index contributed by atoms with van der Waals surface area (Å²) >= 11 is 0. The largest absolute Gasteiger partial charge is 0.480 e. The van der Waals surface area contributed by atoms with Crippen molar-refractivity contribution in [1.29, 1.82) is 0 Å². The number of carbonyl (C=O) groups excluding carboxylic acids is 6. The van der Waals surface area contributed by atoms with Crippen LogP contribution in [0.25, 0.3) is 0 Å². The van der Waals surface area contributed by atoms with E-state index in [4.69, 9.17) is 11.5 Å². The molecular formula is C54H94N8O8. The van der Waals surface area contributed by atoms with Crippen LogP contribution in [0.3, 0.4) is 0 Å². The van der Waals surface area contributed by atoms with Gasteiger partial charge in [0.05, 0.1) is 0 Å². The van der Waals surface area contributed by atoms with Crippen LogP contribution in [0.2, 0.25) is 0 Å². The number of carboxylic acid groups (broad SMARTS) is 1. The molecule has 16 nitrogen and oxygen atoms in total. The highest BCUT2D eigenvalue weighted by Crippen LogP contribution is 2.22. The van der Waals surface area contributed by atoms with E-state index >= 15 is 0 Å². The van der Waals surface area contributed by atoms with Gasteiger partial charge in [0.1, 0.15) is 36.3 Å². The molecule has 16 heteroatoms. The Morgan fingerprint density at radius 2 is 1.17 bits per heavy atom. The molecular weight excluding hydrogens is 889 g/mol. The van der Waals surface area contributed by atoms with Crippen LogP contribution in [0.15, 0.2) is 30.3 Å². The Labute approximate surface area is 420 Å². The van der Waals surface area contributed by atoms with E-state index in [2.05, 4.69) is 33.5 Å². The predicted molar refractivity (Wildman–Crippen MR) is 277 cm³/mol. The molecule has 0 aliphatic carbocycles. The lowest BCUT2D eigenvalue weighted by Gasteiger charge is -2.31. The molecule has 0 aromatic heterocycles. The van der Waals surface area contributed by atoms with Gasteiger partial charge in [0.15, 0.2) is 0 Å². The molecule has 7 unspecified atom stereocenters. The van der Waals surface area contributed by atoms with Crippen molar-refractivity contribution in [1.82, 2.24) is 31.5 Å². The summed E-state index contributed by atoms with van der Waals surface area (Å²) in [6.07, 6.45) is 20.3. The van der Waals surface area contributed by atoms with Crippen LogP contribution < -0.4 is 38.1 Å². The number of likely N-dealkylation sites (tertiary alicyclic amines) is 1. The fraction of sp³-hybridized carbons (Fsp3) is 0.759. The highest BCUT2D eigenvalue weighted by Gasteiger charge is 2.40. The quantitative estimate of drug-likeness (QED) is 0.0330. The van der Waals surface area contributed by atoms with Crippen LogP contribution in [0.4, 0.5) is 0 Å². The van der Waals surface area contributed by atoms with E-state index in [0.29, 0.717) is 70.9 Å². The zero-order valence-electron chi connectivity index (χ0n) is 43.7. The molecule has 10 N–H and O–H groups in total. The SMILES string of the molecule is CCCCCCCCCCCCCCCC(=O)NC(CC(C)C)C(=O)NC(C(=O)NC(CCCCN)C(=O)NC(CCCCN)C(=O)N1CCCC1C(=O)NC(Cc1ccccc1)C(=O)O)C(C)CC. The molecule has 1 fully saturated rings. The smallest absolute Gasteiger partial charge is 0.326 e. The van der Waals surface area contributed by atoms with E-state index in [-0.39, 0.29) is 43.6 Å². The predicted octanol–water partition coefficient (Wildman–Crippen LogP) is 6.56. The number of carboxylic acids is 1.